The zero-order valence-corrected chi connectivity index (χ0v) is 11.3. The van der Waals surface area contributed by atoms with Crippen LogP contribution in [0.4, 0.5) is 5.69 Å². The first-order valence-electron chi connectivity index (χ1n) is 6.38. The molecular formula is C14H20N2O3. The zero-order valence-electron chi connectivity index (χ0n) is 11.3. The summed E-state index contributed by atoms with van der Waals surface area (Å²) in [5, 5.41) is 10.0. The summed E-state index contributed by atoms with van der Waals surface area (Å²) in [6, 6.07) is 5.01. The summed E-state index contributed by atoms with van der Waals surface area (Å²) in [4.78, 5) is 14.1. The van der Waals surface area contributed by atoms with E-state index in [-0.39, 0.29) is 5.91 Å². The third-order valence-electron chi connectivity index (χ3n) is 3.45. The average molecular weight is 264 g/mol. The van der Waals surface area contributed by atoms with E-state index in [1.54, 1.807) is 37.1 Å². The van der Waals surface area contributed by atoms with Crippen molar-refractivity contribution in [1.29, 1.82) is 0 Å². The Morgan fingerprint density at radius 2 is 2.26 bits per heavy atom. The fraction of sp³-hybridized carbons (Fsp3) is 0.500. The first-order valence-corrected chi connectivity index (χ1v) is 6.38. The van der Waals surface area contributed by atoms with Crippen molar-refractivity contribution in [2.75, 3.05) is 25.9 Å². The van der Waals surface area contributed by atoms with Crippen molar-refractivity contribution < 1.29 is 14.6 Å². The number of β-amino-alcohol motifs (C(OH)–C–C–N with tert-alkyl or cyclic N) is 1. The van der Waals surface area contributed by atoms with Crippen LogP contribution < -0.4 is 10.5 Å². The lowest BCUT2D eigenvalue weighted by molar-refractivity contribution is -0.0107. The Morgan fingerprint density at radius 3 is 2.84 bits per heavy atom. The number of aliphatic hydroxyl groups is 1. The number of benzene rings is 1. The summed E-state index contributed by atoms with van der Waals surface area (Å²) in [6.07, 6.45) is 1.52. The number of hydrogen-bond acceptors (Lipinski definition) is 4. The molecule has 1 heterocycles. The lowest BCUT2D eigenvalue weighted by Crippen LogP contribution is -2.48. The molecule has 1 atom stereocenters. The number of amides is 1. The quantitative estimate of drug-likeness (QED) is 0.789. The Hall–Kier alpha value is -1.75. The Kier molecular flexibility index (Phi) is 3.66. The van der Waals surface area contributed by atoms with Gasteiger partial charge < -0.3 is 20.5 Å². The number of hydrogen-bond donors (Lipinski definition) is 2. The molecule has 0 radical (unpaired) electrons. The minimum Gasteiger partial charge on any atom is -0.497 e. The second kappa shape index (κ2) is 5.09. The van der Waals surface area contributed by atoms with Crippen molar-refractivity contribution in [1.82, 2.24) is 4.90 Å². The number of ether oxygens (including phenoxy) is 1. The molecule has 1 aliphatic heterocycles. The van der Waals surface area contributed by atoms with E-state index < -0.39 is 5.60 Å². The fourth-order valence-corrected chi connectivity index (χ4v) is 2.43. The highest BCUT2D eigenvalue weighted by atomic mass is 16.5. The number of carbonyl (C=O) groups excluding carboxylic acids is 1. The Balaban J connectivity index is 2.20. The lowest BCUT2D eigenvalue weighted by atomic mass is 9.94. The van der Waals surface area contributed by atoms with Crippen LogP contribution in [0.1, 0.15) is 30.1 Å². The van der Waals surface area contributed by atoms with Gasteiger partial charge in [0.25, 0.3) is 5.91 Å². The monoisotopic (exact) mass is 264 g/mol. The van der Waals surface area contributed by atoms with Gasteiger partial charge in [-0.2, -0.15) is 0 Å². The summed E-state index contributed by atoms with van der Waals surface area (Å²) >= 11 is 0. The summed E-state index contributed by atoms with van der Waals surface area (Å²) in [6.45, 7) is 2.75. The Labute approximate surface area is 113 Å². The number of piperidine rings is 1. The molecule has 0 saturated carbocycles. The predicted octanol–water partition coefficient (Wildman–Crippen LogP) is 1.26. The number of methoxy groups -OCH3 is 1. The van der Waals surface area contributed by atoms with E-state index in [0.717, 1.165) is 12.8 Å². The van der Waals surface area contributed by atoms with Crippen LogP contribution >= 0.6 is 0 Å². The van der Waals surface area contributed by atoms with Gasteiger partial charge in [0.15, 0.2) is 0 Å². The molecule has 1 unspecified atom stereocenters. The van der Waals surface area contributed by atoms with Crippen molar-refractivity contribution in [3.63, 3.8) is 0 Å². The maximum Gasteiger partial charge on any atom is 0.256 e. The highest BCUT2D eigenvalue weighted by Crippen LogP contribution is 2.25. The molecule has 1 amide bonds. The molecule has 0 spiro atoms. The SMILES string of the molecule is COc1ccc(C(=O)N2CCCC(C)(O)C2)c(N)c1. The van der Waals surface area contributed by atoms with Crippen LogP contribution in [0.25, 0.3) is 0 Å². The average Bonchev–Trinajstić information content (AvgIpc) is 2.36. The minimum atomic E-state index is -0.810. The van der Waals surface area contributed by atoms with Crippen molar-refractivity contribution in [3.05, 3.63) is 23.8 Å². The van der Waals surface area contributed by atoms with Gasteiger partial charge in [-0.3, -0.25) is 4.79 Å². The van der Waals surface area contributed by atoms with Gasteiger partial charge in [-0.1, -0.05) is 0 Å². The molecule has 1 aromatic carbocycles. The van der Waals surface area contributed by atoms with E-state index in [4.69, 9.17) is 10.5 Å². The normalized spacial score (nSPS) is 23.2. The van der Waals surface area contributed by atoms with E-state index in [2.05, 4.69) is 0 Å². The number of nitrogens with zero attached hydrogens (tertiary/aromatic N) is 1. The molecule has 1 aromatic rings. The molecule has 0 aliphatic carbocycles. The summed E-state index contributed by atoms with van der Waals surface area (Å²) in [5.41, 5.74) is 5.93. The van der Waals surface area contributed by atoms with Crippen LogP contribution in [0.15, 0.2) is 18.2 Å². The number of likely N-dealkylation sites (tertiary alicyclic amines) is 1. The van der Waals surface area contributed by atoms with Gasteiger partial charge in [0.2, 0.25) is 0 Å². The fourth-order valence-electron chi connectivity index (χ4n) is 2.43. The van der Waals surface area contributed by atoms with Crippen LogP contribution in [0, 0.1) is 0 Å². The molecule has 104 valence electrons. The van der Waals surface area contributed by atoms with Crippen molar-refractivity contribution in [2.24, 2.45) is 0 Å². The van der Waals surface area contributed by atoms with Crippen molar-refractivity contribution >= 4 is 11.6 Å². The van der Waals surface area contributed by atoms with Gasteiger partial charge in [0.1, 0.15) is 5.75 Å². The molecular weight excluding hydrogens is 244 g/mol. The first kappa shape index (κ1) is 13.7. The number of carbonyl (C=O) groups is 1. The van der Waals surface area contributed by atoms with Crippen LogP contribution in [0.5, 0.6) is 5.75 Å². The van der Waals surface area contributed by atoms with Gasteiger partial charge in [-0.15, -0.1) is 0 Å². The van der Waals surface area contributed by atoms with Gasteiger partial charge in [-0.25, -0.2) is 0 Å². The van der Waals surface area contributed by atoms with E-state index in [1.807, 2.05) is 0 Å². The van der Waals surface area contributed by atoms with Crippen LogP contribution in [0.3, 0.4) is 0 Å². The first-order chi connectivity index (χ1) is 8.93. The molecule has 5 nitrogen and oxygen atoms in total. The second-order valence-electron chi connectivity index (χ2n) is 5.28. The smallest absolute Gasteiger partial charge is 0.256 e. The van der Waals surface area contributed by atoms with Crippen LogP contribution in [-0.4, -0.2) is 41.7 Å². The van der Waals surface area contributed by atoms with Gasteiger partial charge in [0.05, 0.1) is 18.3 Å². The predicted molar refractivity (Wildman–Crippen MR) is 73.2 cm³/mol. The van der Waals surface area contributed by atoms with Crippen molar-refractivity contribution in [3.8, 4) is 5.75 Å². The molecule has 5 heteroatoms. The third-order valence-corrected chi connectivity index (χ3v) is 3.45. The number of anilines is 1. The standard InChI is InChI=1S/C14H20N2O3/c1-14(18)6-3-7-16(9-14)13(17)11-5-4-10(19-2)8-12(11)15/h4-5,8,18H,3,6-7,9,15H2,1-2H3. The third kappa shape index (κ3) is 2.98. The number of rotatable bonds is 2. The maximum absolute atomic E-state index is 12.4. The van der Waals surface area contributed by atoms with Gasteiger partial charge >= 0.3 is 0 Å². The summed E-state index contributed by atoms with van der Waals surface area (Å²) in [7, 11) is 1.55. The van der Waals surface area contributed by atoms with Crippen LogP contribution in [0.2, 0.25) is 0 Å². The molecule has 19 heavy (non-hydrogen) atoms. The molecule has 0 aromatic heterocycles. The maximum atomic E-state index is 12.4. The van der Waals surface area contributed by atoms with E-state index in [0.29, 0.717) is 30.1 Å². The second-order valence-corrected chi connectivity index (χ2v) is 5.28. The molecule has 0 bridgehead atoms. The Bertz CT molecular complexity index is 486. The largest absolute Gasteiger partial charge is 0.497 e. The van der Waals surface area contributed by atoms with E-state index in [9.17, 15) is 9.90 Å². The number of nitrogen functional groups attached to an aromatic ring is 1. The number of nitrogens with two attached hydrogens (primary N) is 1. The Morgan fingerprint density at radius 1 is 1.53 bits per heavy atom. The topological polar surface area (TPSA) is 75.8 Å². The summed E-state index contributed by atoms with van der Waals surface area (Å²) < 4.78 is 5.06. The van der Waals surface area contributed by atoms with Gasteiger partial charge in [0, 0.05) is 24.8 Å². The lowest BCUT2D eigenvalue weighted by Gasteiger charge is -2.37. The summed E-state index contributed by atoms with van der Waals surface area (Å²) in [5.74, 6) is 0.486. The highest BCUT2D eigenvalue weighted by molar-refractivity contribution is 5.99. The van der Waals surface area contributed by atoms with Gasteiger partial charge in [-0.05, 0) is 31.9 Å². The highest BCUT2D eigenvalue weighted by Gasteiger charge is 2.31. The molecule has 1 saturated heterocycles. The minimum absolute atomic E-state index is 0.139. The zero-order chi connectivity index (χ0) is 14.0. The molecule has 1 fully saturated rings. The van der Waals surface area contributed by atoms with E-state index in [1.165, 1.54) is 0 Å². The van der Waals surface area contributed by atoms with Crippen molar-refractivity contribution in [2.45, 2.75) is 25.4 Å². The molecule has 2 rings (SSSR count). The van der Waals surface area contributed by atoms with Crippen LogP contribution in [-0.2, 0) is 0 Å². The molecule has 1 aliphatic rings. The molecule has 3 N–H and O–H groups in total. The van der Waals surface area contributed by atoms with E-state index >= 15 is 0 Å².